The van der Waals surface area contributed by atoms with E-state index in [1.807, 2.05) is 25.2 Å². The van der Waals surface area contributed by atoms with Gasteiger partial charge in [0, 0.05) is 25.1 Å². The van der Waals surface area contributed by atoms with Gasteiger partial charge in [0.15, 0.2) is 0 Å². The number of hydrogen-bond donors (Lipinski definition) is 0. The van der Waals surface area contributed by atoms with Crippen molar-refractivity contribution in [2.24, 2.45) is 0 Å². The summed E-state index contributed by atoms with van der Waals surface area (Å²) < 4.78 is 0. The van der Waals surface area contributed by atoms with Crippen LogP contribution in [0.1, 0.15) is 29.9 Å². The van der Waals surface area contributed by atoms with Gasteiger partial charge < -0.3 is 4.90 Å². The Morgan fingerprint density at radius 2 is 1.68 bits per heavy atom. The van der Waals surface area contributed by atoms with E-state index in [-0.39, 0.29) is 5.91 Å². The zero-order valence-electron chi connectivity index (χ0n) is 11.0. The van der Waals surface area contributed by atoms with E-state index in [4.69, 9.17) is 0 Å². The number of nitrogens with zero attached hydrogens (tertiary/aromatic N) is 1. The quantitative estimate of drug-likeness (QED) is 0.758. The number of carbonyl (C=O) groups excluding carboxylic acids is 1. The van der Waals surface area contributed by atoms with Gasteiger partial charge in [-0.2, -0.15) is 0 Å². The minimum atomic E-state index is 0.200. The van der Waals surface area contributed by atoms with Crippen molar-refractivity contribution in [3.05, 3.63) is 65.7 Å². The van der Waals surface area contributed by atoms with Crippen LogP contribution < -0.4 is 4.90 Å². The van der Waals surface area contributed by atoms with E-state index in [0.717, 1.165) is 12.1 Å². The number of anilines is 1. The zero-order chi connectivity index (χ0) is 13.2. The smallest absolute Gasteiger partial charge is 0.226 e. The Kier molecular flexibility index (Phi) is 3.08. The van der Waals surface area contributed by atoms with Gasteiger partial charge in [0.05, 0.1) is 0 Å². The fourth-order valence-corrected chi connectivity index (χ4v) is 2.84. The highest BCUT2D eigenvalue weighted by atomic mass is 16.2. The van der Waals surface area contributed by atoms with Crippen LogP contribution in [0.2, 0.25) is 0 Å². The van der Waals surface area contributed by atoms with E-state index in [2.05, 4.69) is 36.4 Å². The minimum Gasteiger partial charge on any atom is -0.315 e. The van der Waals surface area contributed by atoms with Gasteiger partial charge in [-0.05, 0) is 23.6 Å². The van der Waals surface area contributed by atoms with Crippen LogP contribution in [-0.4, -0.2) is 13.0 Å². The van der Waals surface area contributed by atoms with E-state index < -0.39 is 0 Å². The van der Waals surface area contributed by atoms with Gasteiger partial charge in [-0.1, -0.05) is 48.5 Å². The molecule has 96 valence electrons. The lowest BCUT2D eigenvalue weighted by Gasteiger charge is -2.20. The minimum absolute atomic E-state index is 0.200. The summed E-state index contributed by atoms with van der Waals surface area (Å²) in [5.74, 6) is 0.511. The first-order valence-electron chi connectivity index (χ1n) is 6.68. The molecule has 0 aromatic heterocycles. The SMILES string of the molecule is CN1C(=O)CC[C@@H](c2ccccc2)c2ccccc21. The Morgan fingerprint density at radius 1 is 1.00 bits per heavy atom. The van der Waals surface area contributed by atoms with E-state index in [1.54, 1.807) is 4.90 Å². The zero-order valence-corrected chi connectivity index (χ0v) is 11.0. The van der Waals surface area contributed by atoms with E-state index in [9.17, 15) is 4.79 Å². The lowest BCUT2D eigenvalue weighted by molar-refractivity contribution is -0.118. The second-order valence-corrected chi connectivity index (χ2v) is 5.01. The third-order valence-electron chi connectivity index (χ3n) is 3.90. The van der Waals surface area contributed by atoms with Crippen LogP contribution in [0.5, 0.6) is 0 Å². The molecule has 0 saturated carbocycles. The molecule has 1 amide bonds. The van der Waals surface area contributed by atoms with Crippen molar-refractivity contribution in [3.63, 3.8) is 0 Å². The fraction of sp³-hybridized carbons (Fsp3) is 0.235. The van der Waals surface area contributed by atoms with Crippen molar-refractivity contribution in [1.29, 1.82) is 0 Å². The van der Waals surface area contributed by atoms with Crippen LogP contribution in [-0.2, 0) is 4.79 Å². The summed E-state index contributed by atoms with van der Waals surface area (Å²) in [7, 11) is 1.87. The van der Waals surface area contributed by atoms with Crippen molar-refractivity contribution in [1.82, 2.24) is 0 Å². The first-order chi connectivity index (χ1) is 9.27. The number of para-hydroxylation sites is 1. The lowest BCUT2D eigenvalue weighted by Crippen LogP contribution is -2.24. The molecule has 1 atom stereocenters. The third-order valence-corrected chi connectivity index (χ3v) is 3.90. The van der Waals surface area contributed by atoms with Gasteiger partial charge in [-0.15, -0.1) is 0 Å². The van der Waals surface area contributed by atoms with Crippen LogP contribution in [0.25, 0.3) is 0 Å². The Balaban J connectivity index is 2.12. The second kappa shape index (κ2) is 4.88. The topological polar surface area (TPSA) is 20.3 Å². The highest BCUT2D eigenvalue weighted by molar-refractivity contribution is 5.94. The molecule has 2 aromatic carbocycles. The number of amides is 1. The van der Waals surface area contributed by atoms with Crippen LogP contribution in [0.4, 0.5) is 5.69 Å². The highest BCUT2D eigenvalue weighted by Gasteiger charge is 2.26. The van der Waals surface area contributed by atoms with Crippen molar-refractivity contribution >= 4 is 11.6 Å². The molecule has 3 rings (SSSR count). The summed E-state index contributed by atoms with van der Waals surface area (Å²) in [4.78, 5) is 13.9. The molecule has 0 radical (unpaired) electrons. The molecule has 0 unspecified atom stereocenters. The molecule has 0 bridgehead atoms. The van der Waals surface area contributed by atoms with Gasteiger partial charge >= 0.3 is 0 Å². The maximum atomic E-state index is 12.1. The summed E-state index contributed by atoms with van der Waals surface area (Å²) in [6.45, 7) is 0. The van der Waals surface area contributed by atoms with E-state index in [0.29, 0.717) is 12.3 Å². The monoisotopic (exact) mass is 251 g/mol. The molecule has 2 heteroatoms. The number of benzene rings is 2. The summed E-state index contributed by atoms with van der Waals surface area (Å²) in [6.07, 6.45) is 1.48. The van der Waals surface area contributed by atoms with Gasteiger partial charge in [0.1, 0.15) is 0 Å². The Morgan fingerprint density at radius 3 is 2.47 bits per heavy atom. The molecular formula is C17H17NO. The number of fused-ring (bicyclic) bond motifs is 1. The molecule has 0 N–H and O–H groups in total. The first kappa shape index (κ1) is 12.0. The van der Waals surface area contributed by atoms with Crippen LogP contribution in [0.15, 0.2) is 54.6 Å². The molecule has 2 aromatic rings. The summed E-state index contributed by atoms with van der Waals surface area (Å²) >= 11 is 0. The number of hydrogen-bond acceptors (Lipinski definition) is 1. The summed E-state index contributed by atoms with van der Waals surface area (Å²) in [5.41, 5.74) is 3.58. The van der Waals surface area contributed by atoms with Crippen LogP contribution in [0, 0.1) is 0 Å². The molecule has 1 aliphatic rings. The Hall–Kier alpha value is -2.09. The van der Waals surface area contributed by atoms with Gasteiger partial charge in [0.25, 0.3) is 0 Å². The van der Waals surface area contributed by atoms with Crippen molar-refractivity contribution in [2.75, 3.05) is 11.9 Å². The molecular weight excluding hydrogens is 234 g/mol. The maximum Gasteiger partial charge on any atom is 0.226 e. The average Bonchev–Trinajstić information content (AvgIpc) is 2.59. The first-order valence-corrected chi connectivity index (χ1v) is 6.68. The van der Waals surface area contributed by atoms with Crippen LogP contribution in [0.3, 0.4) is 0 Å². The highest BCUT2D eigenvalue weighted by Crippen LogP contribution is 2.38. The van der Waals surface area contributed by atoms with E-state index in [1.165, 1.54) is 11.1 Å². The van der Waals surface area contributed by atoms with Gasteiger partial charge in [0.2, 0.25) is 5.91 Å². The van der Waals surface area contributed by atoms with Gasteiger partial charge in [-0.25, -0.2) is 0 Å². The molecule has 1 aliphatic heterocycles. The standard InChI is InChI=1S/C17H17NO/c1-18-16-10-6-5-9-15(16)14(11-12-17(18)19)13-7-3-2-4-8-13/h2-10,14H,11-12H2,1H3/t14-/m0/s1. The Labute approximate surface area is 113 Å². The molecule has 0 aliphatic carbocycles. The summed E-state index contributed by atoms with van der Waals surface area (Å²) in [5, 5.41) is 0. The molecule has 0 spiro atoms. The van der Waals surface area contributed by atoms with Crippen molar-refractivity contribution in [2.45, 2.75) is 18.8 Å². The Bertz CT molecular complexity index is 591. The fourth-order valence-electron chi connectivity index (χ4n) is 2.84. The lowest BCUT2D eigenvalue weighted by atomic mass is 9.87. The predicted octanol–water partition coefficient (Wildman–Crippen LogP) is 3.58. The number of rotatable bonds is 1. The normalized spacial score (nSPS) is 18.9. The maximum absolute atomic E-state index is 12.1. The van der Waals surface area contributed by atoms with Crippen molar-refractivity contribution < 1.29 is 4.79 Å². The summed E-state index contributed by atoms with van der Waals surface area (Å²) in [6, 6.07) is 18.7. The molecule has 0 saturated heterocycles. The predicted molar refractivity (Wildman–Crippen MR) is 77.4 cm³/mol. The molecule has 19 heavy (non-hydrogen) atoms. The largest absolute Gasteiger partial charge is 0.315 e. The van der Waals surface area contributed by atoms with Crippen LogP contribution >= 0.6 is 0 Å². The molecule has 2 nitrogen and oxygen atoms in total. The third kappa shape index (κ3) is 2.14. The number of carbonyl (C=O) groups is 1. The second-order valence-electron chi connectivity index (χ2n) is 5.01. The molecule has 1 heterocycles. The average molecular weight is 251 g/mol. The van der Waals surface area contributed by atoms with E-state index >= 15 is 0 Å². The molecule has 0 fully saturated rings. The van der Waals surface area contributed by atoms with Crippen molar-refractivity contribution in [3.8, 4) is 0 Å². The van der Waals surface area contributed by atoms with Gasteiger partial charge in [-0.3, -0.25) is 4.79 Å².